The van der Waals surface area contributed by atoms with E-state index in [2.05, 4.69) is 138 Å². The third-order valence-electron chi connectivity index (χ3n) is 10.5. The Morgan fingerprint density at radius 2 is 0.926 bits per heavy atom. The van der Waals surface area contributed by atoms with Crippen LogP contribution in [0, 0.1) is 0 Å². The molecule has 0 bridgehead atoms. The van der Waals surface area contributed by atoms with E-state index in [1.807, 2.05) is 48.5 Å². The quantitative estimate of drug-likeness (QED) is 0.180. The summed E-state index contributed by atoms with van der Waals surface area (Å²) in [4.78, 5) is 15.6. The summed E-state index contributed by atoms with van der Waals surface area (Å²) in [6, 6.07) is 63.3. The van der Waals surface area contributed by atoms with Gasteiger partial charge < -0.3 is 4.42 Å². The van der Waals surface area contributed by atoms with Crippen LogP contribution in [0.5, 0.6) is 0 Å². The van der Waals surface area contributed by atoms with Crippen LogP contribution in [-0.4, -0.2) is 19.5 Å². The highest BCUT2D eigenvalue weighted by molar-refractivity contribution is 6.21. The summed E-state index contributed by atoms with van der Waals surface area (Å²) in [5.74, 6) is 1.80. The summed E-state index contributed by atoms with van der Waals surface area (Å²) in [5, 5.41) is 6.77. The van der Waals surface area contributed by atoms with Gasteiger partial charge in [-0.3, -0.25) is 4.57 Å². The minimum Gasteiger partial charge on any atom is -0.455 e. The smallest absolute Gasteiger partial charge is 0.238 e. The van der Waals surface area contributed by atoms with Crippen molar-refractivity contribution in [1.29, 1.82) is 0 Å². The number of aromatic nitrogens is 4. The van der Waals surface area contributed by atoms with E-state index < -0.39 is 0 Å². The number of nitrogens with zero attached hydrogens (tertiary/aromatic N) is 4. The van der Waals surface area contributed by atoms with Crippen LogP contribution in [0.3, 0.4) is 0 Å². The number of fused-ring (bicyclic) bond motifs is 8. The molecular weight excluding hydrogens is 661 g/mol. The summed E-state index contributed by atoms with van der Waals surface area (Å²) in [7, 11) is 0. The Morgan fingerprint density at radius 3 is 1.69 bits per heavy atom. The third kappa shape index (κ3) is 4.76. The number of benzene rings is 8. The van der Waals surface area contributed by atoms with Crippen LogP contribution in [0.4, 0.5) is 0 Å². The van der Waals surface area contributed by atoms with Gasteiger partial charge in [-0.05, 0) is 28.6 Å². The van der Waals surface area contributed by atoms with Crippen molar-refractivity contribution in [2.24, 2.45) is 0 Å². The van der Waals surface area contributed by atoms with Crippen molar-refractivity contribution < 1.29 is 4.42 Å². The maximum atomic E-state index is 6.48. The minimum atomic E-state index is 0.565. The van der Waals surface area contributed by atoms with Crippen molar-refractivity contribution in [3.8, 4) is 51.0 Å². The van der Waals surface area contributed by atoms with Crippen LogP contribution in [0.1, 0.15) is 0 Å². The molecule has 11 aromatic rings. The molecule has 0 unspecified atom stereocenters. The molecule has 3 aromatic heterocycles. The number of hydrogen-bond donors (Lipinski definition) is 0. The van der Waals surface area contributed by atoms with Crippen molar-refractivity contribution in [2.45, 2.75) is 0 Å². The van der Waals surface area contributed by atoms with Crippen LogP contribution in [-0.2, 0) is 0 Å². The van der Waals surface area contributed by atoms with Gasteiger partial charge in [0, 0.05) is 49.2 Å². The molecule has 0 N–H and O–H groups in total. The molecule has 0 aliphatic rings. The first-order valence-corrected chi connectivity index (χ1v) is 18.1. The van der Waals surface area contributed by atoms with E-state index in [1.165, 1.54) is 0 Å². The van der Waals surface area contributed by atoms with Crippen molar-refractivity contribution in [1.82, 2.24) is 19.5 Å². The Morgan fingerprint density at radius 1 is 0.370 bits per heavy atom. The van der Waals surface area contributed by atoms with Crippen LogP contribution >= 0.6 is 0 Å². The molecule has 3 heterocycles. The van der Waals surface area contributed by atoms with Crippen LogP contribution in [0.15, 0.2) is 186 Å². The Balaban J connectivity index is 1.22. The summed E-state index contributed by atoms with van der Waals surface area (Å²) in [6.07, 6.45) is 0. The van der Waals surface area contributed by atoms with Gasteiger partial charge in [0.25, 0.3) is 0 Å². The normalized spacial score (nSPS) is 11.7. The van der Waals surface area contributed by atoms with Crippen molar-refractivity contribution >= 4 is 54.5 Å². The SMILES string of the molecule is c1ccc(-c2nc(-c3ccccc3)nc(-n3c4c(-c5cccc(-c6cccc7c6oc6ccccc67)c5)cccc4c4ccc5ccccc5c43)n2)cc1. The summed E-state index contributed by atoms with van der Waals surface area (Å²) >= 11 is 0. The molecule has 252 valence electrons. The van der Waals surface area contributed by atoms with Gasteiger partial charge in [0.15, 0.2) is 11.6 Å². The lowest BCUT2D eigenvalue weighted by atomic mass is 9.96. The van der Waals surface area contributed by atoms with Crippen molar-refractivity contribution in [3.63, 3.8) is 0 Å². The molecule has 0 spiro atoms. The fourth-order valence-electron chi connectivity index (χ4n) is 7.99. The predicted octanol–water partition coefficient (Wildman–Crippen LogP) is 12.7. The first kappa shape index (κ1) is 30.3. The summed E-state index contributed by atoms with van der Waals surface area (Å²) in [5.41, 5.74) is 10.0. The van der Waals surface area contributed by atoms with Gasteiger partial charge >= 0.3 is 0 Å². The van der Waals surface area contributed by atoms with Gasteiger partial charge in [-0.2, -0.15) is 9.97 Å². The first-order chi connectivity index (χ1) is 26.8. The Hall–Kier alpha value is -7.37. The Bertz CT molecular complexity index is 3160. The largest absolute Gasteiger partial charge is 0.455 e. The molecule has 5 nitrogen and oxygen atoms in total. The van der Waals surface area contributed by atoms with Crippen molar-refractivity contribution in [3.05, 3.63) is 182 Å². The third-order valence-corrected chi connectivity index (χ3v) is 10.5. The monoisotopic (exact) mass is 690 g/mol. The number of rotatable bonds is 5. The van der Waals surface area contributed by atoms with Gasteiger partial charge in [-0.1, -0.05) is 170 Å². The molecule has 0 aliphatic carbocycles. The second kappa shape index (κ2) is 12.1. The molecule has 0 radical (unpaired) electrons. The molecule has 8 aromatic carbocycles. The molecule has 11 rings (SSSR count). The van der Waals surface area contributed by atoms with Gasteiger partial charge in [-0.25, -0.2) is 4.98 Å². The van der Waals surface area contributed by atoms with E-state index in [9.17, 15) is 0 Å². The number of para-hydroxylation sites is 3. The lowest BCUT2D eigenvalue weighted by Gasteiger charge is -2.14. The highest BCUT2D eigenvalue weighted by atomic mass is 16.3. The van der Waals surface area contributed by atoms with Crippen LogP contribution < -0.4 is 0 Å². The van der Waals surface area contributed by atoms with E-state index in [1.54, 1.807) is 0 Å². The zero-order valence-corrected chi connectivity index (χ0v) is 29.0. The second-order valence-electron chi connectivity index (χ2n) is 13.6. The van der Waals surface area contributed by atoms with Gasteiger partial charge in [0.05, 0.1) is 11.0 Å². The minimum absolute atomic E-state index is 0.565. The van der Waals surface area contributed by atoms with E-state index in [4.69, 9.17) is 19.4 Å². The van der Waals surface area contributed by atoms with E-state index in [0.29, 0.717) is 17.6 Å². The molecule has 54 heavy (non-hydrogen) atoms. The molecule has 0 amide bonds. The highest BCUT2D eigenvalue weighted by Crippen LogP contribution is 2.42. The fourth-order valence-corrected chi connectivity index (χ4v) is 7.99. The van der Waals surface area contributed by atoms with Crippen LogP contribution in [0.25, 0.3) is 105 Å². The average Bonchev–Trinajstić information content (AvgIpc) is 3.81. The highest BCUT2D eigenvalue weighted by Gasteiger charge is 2.22. The van der Waals surface area contributed by atoms with Crippen LogP contribution in [0.2, 0.25) is 0 Å². The topological polar surface area (TPSA) is 56.7 Å². The van der Waals surface area contributed by atoms with E-state index in [0.717, 1.165) is 87.9 Å². The maximum absolute atomic E-state index is 6.48. The lowest BCUT2D eigenvalue weighted by molar-refractivity contribution is 0.670. The first-order valence-electron chi connectivity index (χ1n) is 18.1. The molecule has 0 saturated heterocycles. The zero-order chi connectivity index (χ0) is 35.6. The summed E-state index contributed by atoms with van der Waals surface area (Å²) in [6.45, 7) is 0. The molecular formula is C49H30N4O. The number of furan rings is 1. The molecule has 0 fully saturated rings. The van der Waals surface area contributed by atoms with Gasteiger partial charge in [0.1, 0.15) is 11.2 Å². The zero-order valence-electron chi connectivity index (χ0n) is 29.0. The van der Waals surface area contributed by atoms with Gasteiger partial charge in [-0.15, -0.1) is 0 Å². The summed E-state index contributed by atoms with van der Waals surface area (Å²) < 4.78 is 8.74. The fraction of sp³-hybridized carbons (Fsp3) is 0. The standard InChI is InChI=1S/C49H30N4O/c1-3-15-32(16-4-1)47-50-48(33-17-5-2-6-18-33)52-49(51-47)53-44-36-21-8-7-14-31(36)28-29-41(44)40-25-12-23-37(45(40)53)34-19-11-20-35(30-34)38-24-13-26-42-39-22-9-10-27-43(39)54-46(38)42/h1-30H. The number of hydrogen-bond acceptors (Lipinski definition) is 4. The maximum Gasteiger partial charge on any atom is 0.238 e. The molecule has 0 atom stereocenters. The molecule has 5 heteroatoms. The van der Waals surface area contributed by atoms with Crippen molar-refractivity contribution in [2.75, 3.05) is 0 Å². The molecule has 0 aliphatic heterocycles. The lowest BCUT2D eigenvalue weighted by Crippen LogP contribution is -2.07. The van der Waals surface area contributed by atoms with Gasteiger partial charge in [0.2, 0.25) is 5.95 Å². The average molecular weight is 691 g/mol. The second-order valence-corrected chi connectivity index (χ2v) is 13.6. The van der Waals surface area contributed by atoms with E-state index >= 15 is 0 Å². The van der Waals surface area contributed by atoms with E-state index in [-0.39, 0.29) is 0 Å². The predicted molar refractivity (Wildman–Crippen MR) is 221 cm³/mol. The Kier molecular flexibility index (Phi) is 6.79. The molecule has 0 saturated carbocycles. The Labute approximate surface area is 310 Å².